The molecule has 0 bridgehead atoms. The molecule has 118 valence electrons. The van der Waals surface area contributed by atoms with Crippen LogP contribution in [0.4, 0.5) is 5.69 Å². The van der Waals surface area contributed by atoms with E-state index in [0.717, 1.165) is 10.7 Å². The zero-order valence-electron chi connectivity index (χ0n) is 12.4. The first kappa shape index (κ1) is 15.7. The highest BCUT2D eigenvalue weighted by atomic mass is 32.2. The Kier molecular flexibility index (Phi) is 4.73. The number of benzene rings is 1. The van der Waals surface area contributed by atoms with Gasteiger partial charge < -0.3 is 5.32 Å². The second-order valence-electron chi connectivity index (χ2n) is 4.81. The number of thioether (sulfide) groups is 1. The number of nitrogens with one attached hydrogen (secondary N) is 1. The van der Waals surface area contributed by atoms with Crippen molar-refractivity contribution >= 4 is 39.7 Å². The van der Waals surface area contributed by atoms with E-state index in [1.54, 1.807) is 0 Å². The van der Waals surface area contributed by atoms with Gasteiger partial charge in [-0.05, 0) is 19.1 Å². The Morgan fingerprint density at radius 1 is 1.35 bits per heavy atom. The van der Waals surface area contributed by atoms with Crippen molar-refractivity contribution in [3.05, 3.63) is 57.5 Å². The van der Waals surface area contributed by atoms with Crippen LogP contribution in [0.2, 0.25) is 0 Å². The number of para-hydroxylation sites is 1. The highest BCUT2D eigenvalue weighted by molar-refractivity contribution is 7.99. The minimum absolute atomic E-state index is 0.0763. The summed E-state index contributed by atoms with van der Waals surface area (Å²) in [6.45, 7) is 1.83. The van der Waals surface area contributed by atoms with Crippen LogP contribution >= 0.6 is 23.1 Å². The molecule has 1 N–H and O–H groups in total. The lowest BCUT2D eigenvalue weighted by molar-refractivity contribution is -0.113. The topological polar surface area (TPSA) is 76.4 Å². The molecule has 0 unspecified atom stereocenters. The first-order valence-electron chi connectivity index (χ1n) is 6.91. The molecule has 0 spiro atoms. The van der Waals surface area contributed by atoms with Gasteiger partial charge in [-0.1, -0.05) is 29.5 Å². The van der Waals surface area contributed by atoms with Crippen LogP contribution < -0.4 is 10.9 Å². The predicted molar refractivity (Wildman–Crippen MR) is 93.1 cm³/mol. The number of carbonyl (C=O) groups is 1. The number of hydrogen-bond donors (Lipinski definition) is 1. The van der Waals surface area contributed by atoms with Crippen molar-refractivity contribution in [2.45, 2.75) is 12.7 Å². The van der Waals surface area contributed by atoms with Crippen molar-refractivity contribution in [1.82, 2.24) is 14.6 Å². The first-order chi connectivity index (χ1) is 11.1. The average molecular weight is 346 g/mol. The van der Waals surface area contributed by atoms with Gasteiger partial charge in [0.1, 0.15) is 5.01 Å². The van der Waals surface area contributed by atoms with Gasteiger partial charge in [0.05, 0.1) is 11.4 Å². The van der Waals surface area contributed by atoms with Crippen LogP contribution in [0.3, 0.4) is 0 Å². The molecule has 23 heavy (non-hydrogen) atoms. The lowest BCUT2D eigenvalue weighted by Crippen LogP contribution is -2.16. The van der Waals surface area contributed by atoms with E-state index in [1.165, 1.54) is 33.7 Å². The molecule has 3 rings (SSSR count). The molecule has 2 aromatic heterocycles. The number of fused-ring (bicyclic) bond motifs is 1. The second kappa shape index (κ2) is 6.93. The molecule has 0 aliphatic rings. The van der Waals surface area contributed by atoms with E-state index in [4.69, 9.17) is 0 Å². The Balaban J connectivity index is 1.58. The maximum absolute atomic E-state index is 11.9. The summed E-state index contributed by atoms with van der Waals surface area (Å²) in [6.07, 6.45) is 0. The van der Waals surface area contributed by atoms with Gasteiger partial charge in [0, 0.05) is 17.5 Å². The van der Waals surface area contributed by atoms with E-state index in [2.05, 4.69) is 15.4 Å². The largest absolute Gasteiger partial charge is 0.325 e. The van der Waals surface area contributed by atoms with E-state index in [9.17, 15) is 9.59 Å². The molecule has 6 nitrogen and oxygen atoms in total. The molecule has 3 aromatic rings. The maximum atomic E-state index is 11.9. The van der Waals surface area contributed by atoms with E-state index < -0.39 is 0 Å². The standard InChI is InChI=1S/C15H14N4O2S2/c1-10-18-19-14(21)7-12(17-15(19)23-10)8-22-9-13(20)16-11-5-3-2-4-6-11/h2-7H,8-9H2,1H3,(H,16,20). The summed E-state index contributed by atoms with van der Waals surface area (Å²) in [4.78, 5) is 28.8. The van der Waals surface area contributed by atoms with Crippen molar-refractivity contribution in [1.29, 1.82) is 0 Å². The van der Waals surface area contributed by atoms with Crippen molar-refractivity contribution in [3.63, 3.8) is 0 Å². The van der Waals surface area contributed by atoms with Gasteiger partial charge >= 0.3 is 0 Å². The van der Waals surface area contributed by atoms with Crippen LogP contribution in [0.5, 0.6) is 0 Å². The van der Waals surface area contributed by atoms with E-state index >= 15 is 0 Å². The number of carbonyl (C=O) groups excluding carboxylic acids is 1. The molecule has 0 atom stereocenters. The van der Waals surface area contributed by atoms with Gasteiger partial charge in [-0.3, -0.25) is 9.59 Å². The van der Waals surface area contributed by atoms with Crippen molar-refractivity contribution in [2.75, 3.05) is 11.1 Å². The summed E-state index contributed by atoms with van der Waals surface area (Å²) in [5.74, 6) is 0.732. The lowest BCUT2D eigenvalue weighted by Gasteiger charge is -2.04. The molecular formula is C15H14N4O2S2. The first-order valence-corrected chi connectivity index (χ1v) is 8.88. The van der Waals surface area contributed by atoms with Crippen LogP contribution in [0.15, 0.2) is 41.2 Å². The normalized spacial score (nSPS) is 10.8. The zero-order chi connectivity index (χ0) is 16.2. The zero-order valence-corrected chi connectivity index (χ0v) is 14.0. The Morgan fingerprint density at radius 2 is 2.13 bits per heavy atom. The summed E-state index contributed by atoms with van der Waals surface area (Å²) >= 11 is 2.79. The molecule has 0 radical (unpaired) electrons. The summed E-state index contributed by atoms with van der Waals surface area (Å²) in [7, 11) is 0. The average Bonchev–Trinajstić information content (AvgIpc) is 2.89. The fraction of sp³-hybridized carbons (Fsp3) is 0.200. The molecule has 1 aromatic carbocycles. The number of aromatic nitrogens is 3. The number of hydrogen-bond acceptors (Lipinski definition) is 6. The third-order valence-electron chi connectivity index (χ3n) is 2.94. The molecule has 2 heterocycles. The summed E-state index contributed by atoms with van der Waals surface area (Å²) < 4.78 is 1.30. The Morgan fingerprint density at radius 3 is 2.91 bits per heavy atom. The Hall–Kier alpha value is -2.19. The number of nitrogens with zero attached hydrogens (tertiary/aromatic N) is 3. The Bertz CT molecular complexity index is 889. The summed E-state index contributed by atoms with van der Waals surface area (Å²) in [5.41, 5.74) is 1.25. The lowest BCUT2D eigenvalue weighted by atomic mass is 10.3. The van der Waals surface area contributed by atoms with Gasteiger partial charge in [-0.15, -0.1) is 11.8 Å². The fourth-order valence-electron chi connectivity index (χ4n) is 1.99. The molecular weight excluding hydrogens is 332 g/mol. The third kappa shape index (κ3) is 3.96. The Labute approximate surface area is 140 Å². The molecule has 8 heteroatoms. The number of rotatable bonds is 5. The van der Waals surface area contributed by atoms with Crippen LogP contribution in [0.25, 0.3) is 4.96 Å². The smallest absolute Gasteiger partial charge is 0.275 e. The molecule has 0 saturated carbocycles. The monoisotopic (exact) mass is 346 g/mol. The minimum Gasteiger partial charge on any atom is -0.325 e. The summed E-state index contributed by atoms with van der Waals surface area (Å²) in [6, 6.07) is 10.8. The van der Waals surface area contributed by atoms with Crippen LogP contribution in [-0.4, -0.2) is 26.3 Å². The van der Waals surface area contributed by atoms with Gasteiger partial charge in [0.2, 0.25) is 10.9 Å². The highest BCUT2D eigenvalue weighted by Crippen LogP contribution is 2.14. The van der Waals surface area contributed by atoms with Crippen LogP contribution in [0.1, 0.15) is 10.7 Å². The van der Waals surface area contributed by atoms with Crippen LogP contribution in [-0.2, 0) is 10.5 Å². The van der Waals surface area contributed by atoms with Gasteiger partial charge in [-0.2, -0.15) is 9.61 Å². The van der Waals surface area contributed by atoms with Crippen molar-refractivity contribution < 1.29 is 4.79 Å². The van der Waals surface area contributed by atoms with Gasteiger partial charge in [-0.25, -0.2) is 4.98 Å². The van der Waals surface area contributed by atoms with E-state index in [0.29, 0.717) is 22.2 Å². The molecule has 0 aliphatic heterocycles. The highest BCUT2D eigenvalue weighted by Gasteiger charge is 2.08. The molecule has 1 amide bonds. The second-order valence-corrected chi connectivity index (χ2v) is 6.95. The van der Waals surface area contributed by atoms with E-state index in [-0.39, 0.29) is 11.5 Å². The number of anilines is 1. The number of aryl methyl sites for hydroxylation is 1. The molecule has 0 fully saturated rings. The number of amides is 1. The van der Waals surface area contributed by atoms with Crippen LogP contribution in [0, 0.1) is 6.92 Å². The molecule has 0 saturated heterocycles. The van der Waals surface area contributed by atoms with Crippen molar-refractivity contribution in [2.24, 2.45) is 0 Å². The quantitative estimate of drug-likeness (QED) is 0.767. The molecule has 0 aliphatic carbocycles. The van der Waals surface area contributed by atoms with Gasteiger partial charge in [0.15, 0.2) is 0 Å². The third-order valence-corrected chi connectivity index (χ3v) is 4.73. The van der Waals surface area contributed by atoms with E-state index in [1.807, 2.05) is 37.3 Å². The van der Waals surface area contributed by atoms with Crippen molar-refractivity contribution in [3.8, 4) is 0 Å². The fourth-order valence-corrected chi connectivity index (χ4v) is 3.48. The van der Waals surface area contributed by atoms with Gasteiger partial charge in [0.25, 0.3) is 5.56 Å². The minimum atomic E-state index is -0.191. The SMILES string of the molecule is Cc1nn2c(=O)cc(CSCC(=O)Nc3ccccc3)nc2s1. The summed E-state index contributed by atoms with van der Waals surface area (Å²) in [5, 5.41) is 7.71. The maximum Gasteiger partial charge on any atom is 0.275 e. The predicted octanol–water partition coefficient (Wildman–Crippen LogP) is 2.33.